The second-order valence-corrected chi connectivity index (χ2v) is 7.06. The SMILES string of the molecule is Cc1ccc(C(O)=C2C(=O)C(=O)N(Cc3ccncc3)C2c2ccccc2)cc1. The van der Waals surface area contributed by atoms with Crippen molar-refractivity contribution >= 4 is 17.4 Å². The zero-order valence-electron chi connectivity index (χ0n) is 15.9. The lowest BCUT2D eigenvalue weighted by Gasteiger charge is -2.25. The highest BCUT2D eigenvalue weighted by Gasteiger charge is 2.45. The van der Waals surface area contributed by atoms with Crippen LogP contribution >= 0.6 is 0 Å². The monoisotopic (exact) mass is 384 g/mol. The number of rotatable bonds is 4. The van der Waals surface area contributed by atoms with Gasteiger partial charge < -0.3 is 10.0 Å². The van der Waals surface area contributed by atoms with Crippen LogP contribution in [-0.2, 0) is 16.1 Å². The maximum absolute atomic E-state index is 12.9. The molecule has 29 heavy (non-hydrogen) atoms. The number of Topliss-reactive ketones (excluding diaryl/α,β-unsaturated/α-hetero) is 1. The zero-order valence-corrected chi connectivity index (χ0v) is 15.9. The summed E-state index contributed by atoms with van der Waals surface area (Å²) in [6, 6.07) is 19.5. The summed E-state index contributed by atoms with van der Waals surface area (Å²) in [6.07, 6.45) is 3.30. The summed E-state index contributed by atoms with van der Waals surface area (Å²) >= 11 is 0. The van der Waals surface area contributed by atoms with Crippen LogP contribution in [0.1, 0.15) is 28.3 Å². The van der Waals surface area contributed by atoms with Crippen LogP contribution in [-0.4, -0.2) is 26.7 Å². The normalized spacial score (nSPS) is 18.2. The van der Waals surface area contributed by atoms with Crippen molar-refractivity contribution in [2.24, 2.45) is 0 Å². The number of aryl methyl sites for hydroxylation is 1. The molecule has 1 aliphatic rings. The van der Waals surface area contributed by atoms with Crippen LogP contribution in [0, 0.1) is 6.92 Å². The van der Waals surface area contributed by atoms with Crippen molar-refractivity contribution < 1.29 is 14.7 Å². The van der Waals surface area contributed by atoms with Crippen LogP contribution in [0.3, 0.4) is 0 Å². The largest absolute Gasteiger partial charge is 0.507 e. The van der Waals surface area contributed by atoms with E-state index in [0.717, 1.165) is 16.7 Å². The van der Waals surface area contributed by atoms with Crippen LogP contribution in [0.4, 0.5) is 0 Å². The van der Waals surface area contributed by atoms with Gasteiger partial charge in [0.15, 0.2) is 0 Å². The second-order valence-electron chi connectivity index (χ2n) is 7.06. The molecule has 1 amide bonds. The molecule has 1 N–H and O–H groups in total. The Labute approximate surface area is 169 Å². The fourth-order valence-electron chi connectivity index (χ4n) is 3.58. The van der Waals surface area contributed by atoms with Crippen molar-refractivity contribution in [3.63, 3.8) is 0 Å². The number of benzene rings is 2. The highest BCUT2D eigenvalue weighted by Crippen LogP contribution is 2.40. The first-order valence-corrected chi connectivity index (χ1v) is 9.35. The molecule has 0 radical (unpaired) electrons. The van der Waals surface area contributed by atoms with Gasteiger partial charge in [0.2, 0.25) is 0 Å². The van der Waals surface area contributed by atoms with E-state index in [0.29, 0.717) is 5.56 Å². The summed E-state index contributed by atoms with van der Waals surface area (Å²) in [5, 5.41) is 11.0. The molecule has 3 aromatic rings. The molecule has 1 aliphatic heterocycles. The predicted molar refractivity (Wildman–Crippen MR) is 110 cm³/mol. The lowest BCUT2D eigenvalue weighted by Crippen LogP contribution is -2.29. The minimum atomic E-state index is -0.675. The number of hydrogen-bond donors (Lipinski definition) is 1. The van der Waals surface area contributed by atoms with Crippen LogP contribution in [0.25, 0.3) is 5.76 Å². The van der Waals surface area contributed by atoms with Crippen molar-refractivity contribution in [1.82, 2.24) is 9.88 Å². The highest BCUT2D eigenvalue weighted by atomic mass is 16.3. The summed E-state index contributed by atoms with van der Waals surface area (Å²) in [5.41, 5.74) is 3.30. The molecule has 144 valence electrons. The molecular weight excluding hydrogens is 364 g/mol. The first-order chi connectivity index (χ1) is 14.1. The maximum atomic E-state index is 12.9. The van der Waals surface area contributed by atoms with E-state index >= 15 is 0 Å². The van der Waals surface area contributed by atoms with Crippen LogP contribution in [0.2, 0.25) is 0 Å². The fourth-order valence-corrected chi connectivity index (χ4v) is 3.58. The Bertz CT molecular complexity index is 1070. The molecule has 0 saturated carbocycles. The Morgan fingerprint density at radius 1 is 0.966 bits per heavy atom. The first kappa shape index (κ1) is 18.6. The standard InChI is InChI=1S/C24H20N2O3/c1-16-7-9-19(10-8-16)22(27)20-21(18-5-3-2-4-6-18)26(24(29)23(20)28)15-17-11-13-25-14-12-17/h2-14,21,27H,15H2,1H3. The molecule has 1 fully saturated rings. The lowest BCUT2D eigenvalue weighted by atomic mass is 9.95. The van der Waals surface area contributed by atoms with E-state index in [2.05, 4.69) is 4.98 Å². The Balaban J connectivity index is 1.85. The van der Waals surface area contributed by atoms with Gasteiger partial charge in [0, 0.05) is 24.5 Å². The molecule has 0 spiro atoms. The van der Waals surface area contributed by atoms with Crippen molar-refractivity contribution in [1.29, 1.82) is 0 Å². The summed E-state index contributed by atoms with van der Waals surface area (Å²) in [4.78, 5) is 31.4. The minimum Gasteiger partial charge on any atom is -0.507 e. The summed E-state index contributed by atoms with van der Waals surface area (Å²) in [6.45, 7) is 2.19. The Kier molecular flexibility index (Phi) is 4.96. The van der Waals surface area contributed by atoms with E-state index in [1.807, 2.05) is 49.4 Å². The maximum Gasteiger partial charge on any atom is 0.295 e. The van der Waals surface area contributed by atoms with Crippen molar-refractivity contribution in [2.75, 3.05) is 0 Å². The molecule has 1 unspecified atom stereocenters. The minimum absolute atomic E-state index is 0.110. The van der Waals surface area contributed by atoms with Crippen LogP contribution in [0.5, 0.6) is 0 Å². The van der Waals surface area contributed by atoms with Gasteiger partial charge in [0.1, 0.15) is 5.76 Å². The third-order valence-corrected chi connectivity index (χ3v) is 5.08. The van der Waals surface area contributed by atoms with Gasteiger partial charge in [0.05, 0.1) is 11.6 Å². The molecule has 4 rings (SSSR count). The van der Waals surface area contributed by atoms with Crippen molar-refractivity contribution in [3.05, 3.63) is 107 Å². The molecule has 5 nitrogen and oxygen atoms in total. The molecule has 1 aromatic heterocycles. The average Bonchev–Trinajstić information content (AvgIpc) is 3.00. The highest BCUT2D eigenvalue weighted by molar-refractivity contribution is 6.46. The Morgan fingerprint density at radius 3 is 2.28 bits per heavy atom. The predicted octanol–water partition coefficient (Wildman–Crippen LogP) is 4.01. The van der Waals surface area contributed by atoms with Gasteiger partial charge in [-0.3, -0.25) is 14.6 Å². The van der Waals surface area contributed by atoms with E-state index in [9.17, 15) is 14.7 Å². The molecule has 2 heterocycles. The number of aromatic nitrogens is 1. The molecule has 1 saturated heterocycles. The topological polar surface area (TPSA) is 70.5 Å². The third-order valence-electron chi connectivity index (χ3n) is 5.08. The quantitative estimate of drug-likeness (QED) is 0.419. The van der Waals surface area contributed by atoms with Crippen molar-refractivity contribution in [3.8, 4) is 0 Å². The Hall–Kier alpha value is -3.73. The number of hydrogen-bond acceptors (Lipinski definition) is 4. The van der Waals surface area contributed by atoms with E-state index < -0.39 is 17.7 Å². The number of pyridine rings is 1. The zero-order chi connectivity index (χ0) is 20.4. The average molecular weight is 384 g/mol. The molecule has 2 aromatic carbocycles. The molecule has 0 bridgehead atoms. The number of carbonyl (C=O) groups excluding carboxylic acids is 2. The van der Waals surface area contributed by atoms with Gasteiger partial charge in [-0.25, -0.2) is 0 Å². The number of ketones is 1. The van der Waals surface area contributed by atoms with Gasteiger partial charge in [-0.2, -0.15) is 0 Å². The van der Waals surface area contributed by atoms with E-state index in [-0.39, 0.29) is 17.9 Å². The number of aliphatic hydroxyl groups is 1. The van der Waals surface area contributed by atoms with Crippen molar-refractivity contribution in [2.45, 2.75) is 19.5 Å². The number of amides is 1. The summed E-state index contributed by atoms with van der Waals surface area (Å²) in [5.74, 6) is -1.45. The van der Waals surface area contributed by atoms with Crippen LogP contribution in [0.15, 0.2) is 84.7 Å². The van der Waals surface area contributed by atoms with Gasteiger partial charge in [-0.1, -0.05) is 60.2 Å². The van der Waals surface area contributed by atoms with E-state index in [1.165, 1.54) is 4.90 Å². The summed E-state index contributed by atoms with van der Waals surface area (Å²) < 4.78 is 0. The first-order valence-electron chi connectivity index (χ1n) is 9.35. The molecule has 0 aliphatic carbocycles. The summed E-state index contributed by atoms with van der Waals surface area (Å²) in [7, 11) is 0. The van der Waals surface area contributed by atoms with Gasteiger partial charge in [0.25, 0.3) is 11.7 Å². The third kappa shape index (κ3) is 3.55. The van der Waals surface area contributed by atoms with Gasteiger partial charge in [-0.15, -0.1) is 0 Å². The number of nitrogens with zero attached hydrogens (tertiary/aromatic N) is 2. The molecule has 5 heteroatoms. The number of carbonyl (C=O) groups is 2. The smallest absolute Gasteiger partial charge is 0.295 e. The van der Waals surface area contributed by atoms with Gasteiger partial charge in [-0.05, 0) is 30.2 Å². The Morgan fingerprint density at radius 2 is 1.62 bits per heavy atom. The molecule has 1 atom stereocenters. The fraction of sp³-hybridized carbons (Fsp3) is 0.125. The number of likely N-dealkylation sites (tertiary alicyclic amines) is 1. The molecular formula is C24H20N2O3. The number of aliphatic hydroxyl groups excluding tert-OH is 1. The lowest BCUT2D eigenvalue weighted by molar-refractivity contribution is -0.140. The van der Waals surface area contributed by atoms with Gasteiger partial charge >= 0.3 is 0 Å². The second kappa shape index (κ2) is 7.72. The van der Waals surface area contributed by atoms with Crippen LogP contribution < -0.4 is 0 Å². The van der Waals surface area contributed by atoms with E-state index in [4.69, 9.17) is 0 Å². The van der Waals surface area contributed by atoms with E-state index in [1.54, 1.807) is 36.7 Å².